The number of pyridine rings is 1. The summed E-state index contributed by atoms with van der Waals surface area (Å²) in [4.78, 5) is 19.1. The van der Waals surface area contributed by atoms with Gasteiger partial charge in [-0.25, -0.2) is 4.98 Å². The number of rotatable bonds is 4. The van der Waals surface area contributed by atoms with Gasteiger partial charge in [0.1, 0.15) is 0 Å². The smallest absolute Gasteiger partial charge is 0.311 e. The molecule has 7 heteroatoms. The lowest BCUT2D eigenvalue weighted by Crippen LogP contribution is -2.50. The van der Waals surface area contributed by atoms with Gasteiger partial charge in [-0.15, -0.1) is 0 Å². The molecule has 1 aliphatic heterocycles. The predicted molar refractivity (Wildman–Crippen MR) is 80.6 cm³/mol. The summed E-state index contributed by atoms with van der Waals surface area (Å²) in [5.41, 5.74) is 0.119. The first kappa shape index (κ1) is 15.7. The van der Waals surface area contributed by atoms with Crippen LogP contribution >= 0.6 is 0 Å². The molecule has 116 valence electrons. The van der Waals surface area contributed by atoms with Crippen LogP contribution < -0.4 is 4.90 Å². The van der Waals surface area contributed by atoms with Crippen molar-refractivity contribution in [3.05, 3.63) is 27.9 Å². The van der Waals surface area contributed by atoms with Crippen molar-refractivity contribution in [2.75, 3.05) is 37.6 Å². The van der Waals surface area contributed by atoms with Gasteiger partial charge < -0.3 is 10.0 Å². The van der Waals surface area contributed by atoms with E-state index in [4.69, 9.17) is 0 Å². The van der Waals surface area contributed by atoms with E-state index in [1.54, 1.807) is 33.0 Å². The number of hydrogen-bond donors (Lipinski definition) is 1. The second-order valence-electron chi connectivity index (χ2n) is 6.19. The van der Waals surface area contributed by atoms with Crippen LogP contribution in [0.2, 0.25) is 0 Å². The van der Waals surface area contributed by atoms with Crippen molar-refractivity contribution >= 4 is 11.5 Å². The van der Waals surface area contributed by atoms with Crippen LogP contribution in [0.4, 0.5) is 11.5 Å². The van der Waals surface area contributed by atoms with Gasteiger partial charge in [0, 0.05) is 45.0 Å². The summed E-state index contributed by atoms with van der Waals surface area (Å²) in [6, 6.07) is 1.56. The van der Waals surface area contributed by atoms with Crippen molar-refractivity contribution in [2.24, 2.45) is 0 Å². The Morgan fingerprint density at radius 3 is 2.52 bits per heavy atom. The third-order valence-corrected chi connectivity index (χ3v) is 3.46. The second kappa shape index (κ2) is 5.95. The number of aromatic nitrogens is 1. The van der Waals surface area contributed by atoms with Crippen molar-refractivity contribution in [1.29, 1.82) is 0 Å². The zero-order valence-corrected chi connectivity index (χ0v) is 12.7. The SMILES string of the molecule is Cc1cnc(N2CCN(CC(C)(C)O)CC2)c([N+](=O)[O-])c1. The number of nitrogens with zero attached hydrogens (tertiary/aromatic N) is 4. The van der Waals surface area contributed by atoms with Crippen molar-refractivity contribution in [3.63, 3.8) is 0 Å². The van der Waals surface area contributed by atoms with E-state index in [2.05, 4.69) is 9.88 Å². The third kappa shape index (κ3) is 4.12. The molecule has 0 unspecified atom stereocenters. The molecule has 0 saturated carbocycles. The lowest BCUT2D eigenvalue weighted by Gasteiger charge is -2.37. The first-order valence-corrected chi connectivity index (χ1v) is 7.07. The normalized spacial score (nSPS) is 17.0. The van der Waals surface area contributed by atoms with Gasteiger partial charge in [-0.1, -0.05) is 0 Å². The molecule has 1 aromatic heterocycles. The van der Waals surface area contributed by atoms with Gasteiger partial charge >= 0.3 is 5.69 Å². The Morgan fingerprint density at radius 2 is 2.00 bits per heavy atom. The Labute approximate surface area is 124 Å². The summed E-state index contributed by atoms with van der Waals surface area (Å²) < 4.78 is 0. The third-order valence-electron chi connectivity index (χ3n) is 3.46. The Bertz CT molecular complexity index is 519. The summed E-state index contributed by atoms with van der Waals surface area (Å²) in [5, 5.41) is 21.0. The monoisotopic (exact) mass is 294 g/mol. The fourth-order valence-electron chi connectivity index (χ4n) is 2.59. The van der Waals surface area contributed by atoms with E-state index in [1.807, 2.05) is 4.90 Å². The fraction of sp³-hybridized carbons (Fsp3) is 0.643. The Morgan fingerprint density at radius 1 is 1.38 bits per heavy atom. The van der Waals surface area contributed by atoms with Crippen molar-refractivity contribution in [2.45, 2.75) is 26.4 Å². The molecule has 0 aliphatic carbocycles. The number of nitro groups is 1. The molecule has 1 aromatic rings. The van der Waals surface area contributed by atoms with Gasteiger partial charge in [0.15, 0.2) is 0 Å². The molecule has 2 heterocycles. The largest absolute Gasteiger partial charge is 0.389 e. The predicted octanol–water partition coefficient (Wildman–Crippen LogP) is 1.19. The van der Waals surface area contributed by atoms with Crippen LogP contribution in [-0.2, 0) is 0 Å². The van der Waals surface area contributed by atoms with Crippen LogP contribution in [0.25, 0.3) is 0 Å². The van der Waals surface area contributed by atoms with E-state index >= 15 is 0 Å². The summed E-state index contributed by atoms with van der Waals surface area (Å²) >= 11 is 0. The van der Waals surface area contributed by atoms with Gasteiger partial charge in [0.25, 0.3) is 0 Å². The van der Waals surface area contributed by atoms with Crippen LogP contribution in [0.15, 0.2) is 12.3 Å². The van der Waals surface area contributed by atoms with Crippen molar-refractivity contribution in [3.8, 4) is 0 Å². The standard InChI is InChI=1S/C14H22N4O3/c1-11-8-12(18(20)21)13(15-9-11)17-6-4-16(5-7-17)10-14(2,3)19/h8-9,19H,4-7,10H2,1-3H3. The van der Waals surface area contributed by atoms with Crippen molar-refractivity contribution < 1.29 is 10.0 Å². The minimum absolute atomic E-state index is 0.0611. The topological polar surface area (TPSA) is 82.7 Å². The lowest BCUT2D eigenvalue weighted by molar-refractivity contribution is -0.384. The molecule has 1 N–H and O–H groups in total. The first-order chi connectivity index (χ1) is 9.76. The molecule has 0 radical (unpaired) electrons. The number of β-amino-alcohol motifs (C(OH)–C–C–N with tert-alkyl or cyclic N) is 1. The highest BCUT2D eigenvalue weighted by molar-refractivity contribution is 5.58. The van der Waals surface area contributed by atoms with E-state index in [9.17, 15) is 15.2 Å². The number of anilines is 1. The molecule has 0 atom stereocenters. The highest BCUT2D eigenvalue weighted by atomic mass is 16.6. The zero-order chi connectivity index (χ0) is 15.6. The molecule has 1 saturated heterocycles. The number of piperazine rings is 1. The molecule has 0 bridgehead atoms. The number of aryl methyl sites for hydroxylation is 1. The highest BCUT2D eigenvalue weighted by Crippen LogP contribution is 2.27. The lowest BCUT2D eigenvalue weighted by atomic mass is 10.1. The summed E-state index contributed by atoms with van der Waals surface area (Å²) in [6.45, 7) is 8.83. The summed E-state index contributed by atoms with van der Waals surface area (Å²) in [5.74, 6) is 0.438. The van der Waals surface area contributed by atoms with Crippen LogP contribution in [-0.4, -0.2) is 58.2 Å². The average Bonchev–Trinajstić information content (AvgIpc) is 2.38. The molecule has 0 aromatic carbocycles. The molecule has 0 amide bonds. The average molecular weight is 294 g/mol. The zero-order valence-electron chi connectivity index (χ0n) is 12.7. The molecule has 1 aliphatic rings. The second-order valence-corrected chi connectivity index (χ2v) is 6.19. The van der Waals surface area contributed by atoms with E-state index in [1.165, 1.54) is 0 Å². The van der Waals surface area contributed by atoms with E-state index in [0.29, 0.717) is 25.5 Å². The van der Waals surface area contributed by atoms with E-state index in [-0.39, 0.29) is 10.6 Å². The van der Waals surface area contributed by atoms with Crippen LogP contribution in [0.1, 0.15) is 19.4 Å². The molecule has 7 nitrogen and oxygen atoms in total. The van der Waals surface area contributed by atoms with E-state index in [0.717, 1.165) is 18.7 Å². The quantitative estimate of drug-likeness (QED) is 0.663. The summed E-state index contributed by atoms with van der Waals surface area (Å²) in [7, 11) is 0. The maximum Gasteiger partial charge on any atom is 0.311 e. The molecule has 2 rings (SSSR count). The van der Waals surface area contributed by atoms with Gasteiger partial charge in [0.05, 0.1) is 10.5 Å². The minimum atomic E-state index is -0.726. The maximum absolute atomic E-state index is 11.2. The summed E-state index contributed by atoms with van der Waals surface area (Å²) in [6.07, 6.45) is 1.66. The van der Waals surface area contributed by atoms with Crippen molar-refractivity contribution in [1.82, 2.24) is 9.88 Å². The van der Waals surface area contributed by atoms with Gasteiger partial charge in [-0.05, 0) is 26.3 Å². The van der Waals surface area contributed by atoms with Gasteiger partial charge in [0.2, 0.25) is 5.82 Å². The van der Waals surface area contributed by atoms with E-state index < -0.39 is 5.60 Å². The van der Waals surface area contributed by atoms with Gasteiger partial charge in [-0.3, -0.25) is 15.0 Å². The maximum atomic E-state index is 11.2. The molecule has 1 fully saturated rings. The number of hydrogen-bond acceptors (Lipinski definition) is 6. The Kier molecular flexibility index (Phi) is 4.43. The van der Waals surface area contributed by atoms with Gasteiger partial charge in [-0.2, -0.15) is 0 Å². The van der Waals surface area contributed by atoms with Crippen LogP contribution in [0, 0.1) is 17.0 Å². The Hall–Kier alpha value is -1.73. The molecular formula is C14H22N4O3. The molecule has 21 heavy (non-hydrogen) atoms. The Balaban J connectivity index is 2.07. The molecule has 0 spiro atoms. The van der Waals surface area contributed by atoms with Crippen LogP contribution in [0.3, 0.4) is 0 Å². The minimum Gasteiger partial charge on any atom is -0.389 e. The number of aliphatic hydroxyl groups is 1. The first-order valence-electron chi connectivity index (χ1n) is 7.07. The van der Waals surface area contributed by atoms with Crippen LogP contribution in [0.5, 0.6) is 0 Å². The highest BCUT2D eigenvalue weighted by Gasteiger charge is 2.27. The molecular weight excluding hydrogens is 272 g/mol. The fourth-order valence-corrected chi connectivity index (χ4v) is 2.59.